The van der Waals surface area contributed by atoms with Gasteiger partial charge in [0, 0.05) is 22.6 Å². The fourth-order valence-electron chi connectivity index (χ4n) is 2.25. The number of alkyl halides is 1. The van der Waals surface area contributed by atoms with Crippen LogP contribution in [0.1, 0.15) is 31.1 Å². The van der Waals surface area contributed by atoms with Crippen LogP contribution in [0.15, 0.2) is 36.5 Å². The number of hydrogen-bond acceptors (Lipinski definition) is 1. The third-order valence-electron chi connectivity index (χ3n) is 3.32. The minimum atomic E-state index is 0.416. The lowest BCUT2D eigenvalue weighted by atomic mass is 9.97. The number of halogens is 2. The molecule has 0 aliphatic heterocycles. The zero-order chi connectivity index (χ0) is 14.5. The summed E-state index contributed by atoms with van der Waals surface area (Å²) in [4.78, 5) is 0. The zero-order valence-electron chi connectivity index (χ0n) is 11.9. The number of nitrogens with zero attached hydrogens (tertiary/aromatic N) is 2. The summed E-state index contributed by atoms with van der Waals surface area (Å²) in [6.45, 7) is 4.29. The van der Waals surface area contributed by atoms with Gasteiger partial charge in [0.1, 0.15) is 0 Å². The molecule has 0 spiro atoms. The highest BCUT2D eigenvalue weighted by molar-refractivity contribution is 9.09. The normalized spacial score (nSPS) is 12.8. The Kier molecular flexibility index (Phi) is 5.67. The Hall–Kier alpha value is -0.800. The lowest BCUT2D eigenvalue weighted by Gasteiger charge is -2.13. The van der Waals surface area contributed by atoms with Gasteiger partial charge in [-0.1, -0.05) is 39.7 Å². The second-order valence-electron chi connectivity index (χ2n) is 5.44. The second-order valence-corrected chi connectivity index (χ2v) is 6.52. The Labute approximate surface area is 134 Å². The van der Waals surface area contributed by atoms with Gasteiger partial charge in [-0.15, -0.1) is 0 Å². The number of rotatable bonds is 6. The van der Waals surface area contributed by atoms with Crippen LogP contribution in [0.25, 0.3) is 0 Å². The van der Waals surface area contributed by atoms with E-state index in [4.69, 9.17) is 11.6 Å². The van der Waals surface area contributed by atoms with E-state index in [1.54, 1.807) is 0 Å². The van der Waals surface area contributed by atoms with Crippen LogP contribution in [0.3, 0.4) is 0 Å². The van der Waals surface area contributed by atoms with E-state index in [-0.39, 0.29) is 0 Å². The van der Waals surface area contributed by atoms with Crippen molar-refractivity contribution in [3.63, 3.8) is 0 Å². The molecule has 1 atom stereocenters. The maximum absolute atomic E-state index is 6.04. The fourth-order valence-corrected chi connectivity index (χ4v) is 2.92. The van der Waals surface area contributed by atoms with Crippen molar-refractivity contribution in [2.45, 2.75) is 32.7 Å². The molecule has 1 aromatic carbocycles. The van der Waals surface area contributed by atoms with Crippen molar-refractivity contribution >= 4 is 27.5 Å². The van der Waals surface area contributed by atoms with Crippen molar-refractivity contribution in [3.8, 4) is 0 Å². The molecule has 0 saturated heterocycles. The molecule has 0 radical (unpaired) electrons. The molecular formula is C16H20BrClN2. The molecule has 0 N–H and O–H groups in total. The fraction of sp³-hybridized carbons (Fsp3) is 0.438. The van der Waals surface area contributed by atoms with E-state index >= 15 is 0 Å². The highest BCUT2D eigenvalue weighted by atomic mass is 79.9. The average Bonchev–Trinajstić information content (AvgIpc) is 2.87. The summed E-state index contributed by atoms with van der Waals surface area (Å²) in [6, 6.07) is 10.6. The van der Waals surface area contributed by atoms with Gasteiger partial charge in [-0.3, -0.25) is 4.68 Å². The highest BCUT2D eigenvalue weighted by Crippen LogP contribution is 2.19. The first-order valence-corrected chi connectivity index (χ1v) is 8.43. The zero-order valence-corrected chi connectivity index (χ0v) is 14.2. The molecule has 20 heavy (non-hydrogen) atoms. The standard InChI is InChI=1S/C16H20BrClN2/c1-12(2)20-7-6-16(19-20)10-14(11-17)8-13-4-3-5-15(18)9-13/h3-7,9,12,14H,8,10-11H2,1-2H3. The first kappa shape index (κ1) is 15.6. The van der Waals surface area contributed by atoms with E-state index in [1.165, 1.54) is 5.56 Å². The highest BCUT2D eigenvalue weighted by Gasteiger charge is 2.12. The van der Waals surface area contributed by atoms with Crippen LogP contribution in [0, 0.1) is 5.92 Å². The molecule has 0 bridgehead atoms. The van der Waals surface area contributed by atoms with Crippen LogP contribution in [-0.2, 0) is 12.8 Å². The Bertz CT molecular complexity index is 551. The van der Waals surface area contributed by atoms with E-state index < -0.39 is 0 Å². The summed E-state index contributed by atoms with van der Waals surface area (Å²) < 4.78 is 2.01. The molecule has 1 aromatic heterocycles. The van der Waals surface area contributed by atoms with Crippen molar-refractivity contribution in [1.29, 1.82) is 0 Å². The quantitative estimate of drug-likeness (QED) is 0.673. The lowest BCUT2D eigenvalue weighted by Crippen LogP contribution is -2.11. The van der Waals surface area contributed by atoms with Crippen molar-refractivity contribution in [1.82, 2.24) is 9.78 Å². The molecule has 1 unspecified atom stereocenters. The predicted octanol–water partition coefficient (Wildman–Crippen LogP) is 4.91. The van der Waals surface area contributed by atoms with Crippen LogP contribution >= 0.6 is 27.5 Å². The van der Waals surface area contributed by atoms with Crippen LogP contribution < -0.4 is 0 Å². The van der Waals surface area contributed by atoms with Crippen LogP contribution in [0.4, 0.5) is 0 Å². The first-order chi connectivity index (χ1) is 9.58. The molecule has 0 aliphatic carbocycles. The van der Waals surface area contributed by atoms with Gasteiger partial charge in [-0.2, -0.15) is 5.10 Å². The summed E-state index contributed by atoms with van der Waals surface area (Å²) in [5.74, 6) is 0.531. The minimum Gasteiger partial charge on any atom is -0.270 e. The molecule has 108 valence electrons. The minimum absolute atomic E-state index is 0.416. The van der Waals surface area contributed by atoms with Gasteiger partial charge in [-0.05, 0) is 56.4 Å². The average molecular weight is 356 g/mol. The van der Waals surface area contributed by atoms with Gasteiger partial charge in [0.25, 0.3) is 0 Å². The topological polar surface area (TPSA) is 17.8 Å². The molecule has 2 rings (SSSR count). The molecule has 4 heteroatoms. The number of benzene rings is 1. The van der Waals surface area contributed by atoms with Gasteiger partial charge >= 0.3 is 0 Å². The van der Waals surface area contributed by atoms with Crippen LogP contribution in [0.2, 0.25) is 5.02 Å². The van der Waals surface area contributed by atoms with Gasteiger partial charge in [0.05, 0.1) is 5.69 Å². The summed E-state index contributed by atoms with van der Waals surface area (Å²) in [5, 5.41) is 6.40. The van der Waals surface area contributed by atoms with Crippen molar-refractivity contribution in [3.05, 3.63) is 52.8 Å². The molecule has 2 nitrogen and oxygen atoms in total. The van der Waals surface area contributed by atoms with Gasteiger partial charge < -0.3 is 0 Å². The van der Waals surface area contributed by atoms with Crippen LogP contribution in [0.5, 0.6) is 0 Å². The number of aromatic nitrogens is 2. The Morgan fingerprint density at radius 2 is 2.05 bits per heavy atom. The van der Waals surface area contributed by atoms with Crippen molar-refractivity contribution in [2.75, 3.05) is 5.33 Å². The van der Waals surface area contributed by atoms with E-state index in [0.717, 1.165) is 28.9 Å². The maximum atomic E-state index is 6.04. The van der Waals surface area contributed by atoms with E-state index in [2.05, 4.69) is 53.2 Å². The summed E-state index contributed by atoms with van der Waals surface area (Å²) >= 11 is 9.66. The van der Waals surface area contributed by atoms with Crippen molar-refractivity contribution in [2.24, 2.45) is 5.92 Å². The Morgan fingerprint density at radius 3 is 2.65 bits per heavy atom. The molecule has 1 heterocycles. The van der Waals surface area contributed by atoms with Crippen LogP contribution in [-0.4, -0.2) is 15.1 Å². The maximum Gasteiger partial charge on any atom is 0.0627 e. The van der Waals surface area contributed by atoms with Gasteiger partial charge in [0.2, 0.25) is 0 Å². The first-order valence-electron chi connectivity index (χ1n) is 6.93. The van der Waals surface area contributed by atoms with Crippen molar-refractivity contribution < 1.29 is 0 Å². The largest absolute Gasteiger partial charge is 0.270 e. The molecular weight excluding hydrogens is 336 g/mol. The smallest absolute Gasteiger partial charge is 0.0627 e. The summed E-state index contributed by atoms with van der Waals surface area (Å²) in [6.07, 6.45) is 4.06. The Morgan fingerprint density at radius 1 is 1.25 bits per heavy atom. The van der Waals surface area contributed by atoms with Gasteiger partial charge in [-0.25, -0.2) is 0 Å². The van der Waals surface area contributed by atoms with E-state index in [1.807, 2.05) is 22.9 Å². The predicted molar refractivity (Wildman–Crippen MR) is 88.8 cm³/mol. The van der Waals surface area contributed by atoms with E-state index in [9.17, 15) is 0 Å². The molecule has 0 saturated carbocycles. The number of hydrogen-bond donors (Lipinski definition) is 0. The van der Waals surface area contributed by atoms with E-state index in [0.29, 0.717) is 12.0 Å². The molecule has 2 aromatic rings. The third kappa shape index (κ3) is 4.35. The molecule has 0 aliphatic rings. The summed E-state index contributed by atoms with van der Waals surface area (Å²) in [5.41, 5.74) is 2.44. The Balaban J connectivity index is 2.01. The SMILES string of the molecule is CC(C)n1ccc(CC(CBr)Cc2cccc(Cl)c2)n1. The molecule has 0 fully saturated rings. The second kappa shape index (κ2) is 7.28. The molecule has 0 amide bonds. The summed E-state index contributed by atoms with van der Waals surface area (Å²) in [7, 11) is 0. The lowest BCUT2D eigenvalue weighted by molar-refractivity contribution is 0.513. The monoisotopic (exact) mass is 354 g/mol. The third-order valence-corrected chi connectivity index (χ3v) is 4.47. The van der Waals surface area contributed by atoms with Gasteiger partial charge in [0.15, 0.2) is 0 Å².